The highest BCUT2D eigenvalue weighted by atomic mass is 16.6. The molecule has 0 saturated heterocycles. The Kier molecular flexibility index (Phi) is 30.3. The summed E-state index contributed by atoms with van der Waals surface area (Å²) in [6, 6.07) is 0. The van der Waals surface area contributed by atoms with Crippen LogP contribution >= 0.6 is 0 Å². The summed E-state index contributed by atoms with van der Waals surface area (Å²) in [6.07, 6.45) is 35.3. The van der Waals surface area contributed by atoms with Gasteiger partial charge in [0.05, 0.1) is 12.1 Å². The van der Waals surface area contributed by atoms with Gasteiger partial charge < -0.3 is 9.94 Å². The van der Waals surface area contributed by atoms with Crippen LogP contribution in [-0.4, -0.2) is 23.4 Å². The van der Waals surface area contributed by atoms with Crippen LogP contribution in [0.15, 0.2) is 5.16 Å². The average Bonchev–Trinajstić information content (AvgIpc) is 2.88. The summed E-state index contributed by atoms with van der Waals surface area (Å²) in [4.78, 5) is 16.7. The lowest BCUT2D eigenvalue weighted by molar-refractivity contribution is -0.135. The summed E-state index contributed by atoms with van der Waals surface area (Å²) in [5.74, 6) is -0.807. The van der Waals surface area contributed by atoms with Gasteiger partial charge in [-0.3, -0.25) is 4.79 Å². The summed E-state index contributed by atoms with van der Waals surface area (Å²) in [5, 5.41) is 13.4. The molecular formula is C33H65NO3. The van der Waals surface area contributed by atoms with Crippen molar-refractivity contribution in [3.63, 3.8) is 0 Å². The van der Waals surface area contributed by atoms with Gasteiger partial charge in [0.15, 0.2) is 0 Å². The van der Waals surface area contributed by atoms with Gasteiger partial charge in [-0.1, -0.05) is 167 Å². The molecular weight excluding hydrogens is 458 g/mol. The van der Waals surface area contributed by atoms with Gasteiger partial charge in [0.1, 0.15) is 6.61 Å². The first-order valence-electron chi connectivity index (χ1n) is 16.6. The van der Waals surface area contributed by atoms with Gasteiger partial charge in [-0.25, -0.2) is 0 Å². The smallest absolute Gasteiger partial charge is 0.309 e. The summed E-state index contributed by atoms with van der Waals surface area (Å²) in [5.41, 5.74) is 0.699. The van der Waals surface area contributed by atoms with Crippen molar-refractivity contribution in [1.29, 1.82) is 0 Å². The first-order valence-corrected chi connectivity index (χ1v) is 16.6. The standard InChI is InChI=1S/C33H65NO3/c1-3-5-7-9-11-13-15-17-19-21-23-25-27-29-32(31-33(35)36)34-37-30-28-26-24-22-20-18-16-14-12-10-8-6-4-2/h3-31H2,1-2H3,(H,35,36). The number of carboxylic acid groups (broad SMARTS) is 1. The van der Waals surface area contributed by atoms with E-state index in [9.17, 15) is 9.90 Å². The van der Waals surface area contributed by atoms with Crippen LogP contribution in [0.3, 0.4) is 0 Å². The number of rotatable bonds is 31. The molecule has 0 heterocycles. The molecule has 37 heavy (non-hydrogen) atoms. The molecule has 0 saturated carbocycles. The fourth-order valence-electron chi connectivity index (χ4n) is 5.01. The molecule has 0 aliphatic rings. The fraction of sp³-hybridized carbons (Fsp3) is 0.939. The van der Waals surface area contributed by atoms with E-state index in [2.05, 4.69) is 19.0 Å². The number of hydrogen-bond acceptors (Lipinski definition) is 3. The molecule has 0 bridgehead atoms. The van der Waals surface area contributed by atoms with Crippen molar-refractivity contribution in [2.45, 2.75) is 194 Å². The third kappa shape index (κ3) is 31.1. The van der Waals surface area contributed by atoms with Crippen LogP contribution in [0, 0.1) is 0 Å². The quantitative estimate of drug-likeness (QED) is 0.0558. The molecule has 0 rings (SSSR count). The van der Waals surface area contributed by atoms with E-state index in [1.165, 1.54) is 148 Å². The second kappa shape index (κ2) is 31.2. The number of unbranched alkanes of at least 4 members (excludes halogenated alkanes) is 24. The fourth-order valence-corrected chi connectivity index (χ4v) is 5.01. The lowest BCUT2D eigenvalue weighted by Gasteiger charge is -2.06. The molecule has 0 fully saturated rings. The Morgan fingerprint density at radius 3 is 1.19 bits per heavy atom. The highest BCUT2D eigenvalue weighted by Crippen LogP contribution is 2.14. The number of oxime groups is 1. The van der Waals surface area contributed by atoms with Gasteiger partial charge in [-0.15, -0.1) is 0 Å². The predicted octanol–water partition coefficient (Wildman–Crippen LogP) is 11.4. The summed E-state index contributed by atoms with van der Waals surface area (Å²) < 4.78 is 0. The minimum absolute atomic E-state index is 0.0108. The maximum Gasteiger partial charge on any atom is 0.309 e. The van der Waals surface area contributed by atoms with Crippen molar-refractivity contribution < 1.29 is 14.7 Å². The Hall–Kier alpha value is -1.06. The normalized spacial score (nSPS) is 11.8. The van der Waals surface area contributed by atoms with Crippen molar-refractivity contribution >= 4 is 11.7 Å². The van der Waals surface area contributed by atoms with Crippen LogP contribution in [0.5, 0.6) is 0 Å². The summed E-state index contributed by atoms with van der Waals surface area (Å²) in [7, 11) is 0. The highest BCUT2D eigenvalue weighted by molar-refractivity contribution is 5.97. The lowest BCUT2D eigenvalue weighted by atomic mass is 10.0. The maximum atomic E-state index is 11.2. The molecule has 0 unspecified atom stereocenters. The third-order valence-electron chi connectivity index (χ3n) is 7.46. The Morgan fingerprint density at radius 1 is 0.514 bits per heavy atom. The molecule has 0 spiro atoms. The molecule has 0 aliphatic carbocycles. The van der Waals surface area contributed by atoms with Gasteiger partial charge >= 0.3 is 5.97 Å². The second-order valence-corrected chi connectivity index (χ2v) is 11.3. The number of aliphatic carboxylic acids is 1. The zero-order valence-corrected chi connectivity index (χ0v) is 25.2. The van der Waals surface area contributed by atoms with Crippen molar-refractivity contribution in [2.24, 2.45) is 5.16 Å². The Labute approximate surface area is 231 Å². The van der Waals surface area contributed by atoms with E-state index in [1.54, 1.807) is 0 Å². The van der Waals surface area contributed by atoms with E-state index >= 15 is 0 Å². The van der Waals surface area contributed by atoms with Crippen LogP contribution in [-0.2, 0) is 9.63 Å². The van der Waals surface area contributed by atoms with E-state index in [-0.39, 0.29) is 6.42 Å². The van der Waals surface area contributed by atoms with Crippen LogP contribution in [0.25, 0.3) is 0 Å². The second-order valence-electron chi connectivity index (χ2n) is 11.3. The zero-order valence-electron chi connectivity index (χ0n) is 25.2. The minimum atomic E-state index is -0.807. The first-order chi connectivity index (χ1) is 18.2. The highest BCUT2D eigenvalue weighted by Gasteiger charge is 2.07. The van der Waals surface area contributed by atoms with Gasteiger partial charge in [-0.2, -0.15) is 0 Å². The number of hydrogen-bond donors (Lipinski definition) is 1. The Bertz CT molecular complexity index is 492. The molecule has 0 aromatic heterocycles. The molecule has 0 atom stereocenters. The molecule has 1 N–H and O–H groups in total. The van der Waals surface area contributed by atoms with E-state index in [1.807, 2.05) is 0 Å². The molecule has 0 aromatic carbocycles. The van der Waals surface area contributed by atoms with E-state index in [0.717, 1.165) is 25.7 Å². The monoisotopic (exact) mass is 523 g/mol. The van der Waals surface area contributed by atoms with Crippen molar-refractivity contribution in [1.82, 2.24) is 0 Å². The first kappa shape index (κ1) is 35.9. The molecule has 0 radical (unpaired) electrons. The Morgan fingerprint density at radius 2 is 0.838 bits per heavy atom. The average molecular weight is 524 g/mol. The van der Waals surface area contributed by atoms with Crippen molar-refractivity contribution in [3.8, 4) is 0 Å². The maximum absolute atomic E-state index is 11.2. The topological polar surface area (TPSA) is 58.9 Å². The van der Waals surface area contributed by atoms with Crippen LogP contribution in [0.4, 0.5) is 0 Å². The summed E-state index contributed by atoms with van der Waals surface area (Å²) in [6.45, 7) is 5.16. The largest absolute Gasteiger partial charge is 0.481 e. The van der Waals surface area contributed by atoms with E-state index in [4.69, 9.17) is 4.84 Å². The SMILES string of the molecule is CCCCCCCCCCCCCCCON=C(CCCCCCCCCCCCCCC)CC(=O)O. The molecule has 0 amide bonds. The van der Waals surface area contributed by atoms with Crippen LogP contribution in [0.1, 0.15) is 194 Å². The molecule has 0 aliphatic heterocycles. The van der Waals surface area contributed by atoms with E-state index < -0.39 is 5.97 Å². The van der Waals surface area contributed by atoms with Crippen LogP contribution < -0.4 is 0 Å². The van der Waals surface area contributed by atoms with Gasteiger partial charge in [0.25, 0.3) is 0 Å². The number of carbonyl (C=O) groups is 1. The van der Waals surface area contributed by atoms with Gasteiger partial charge in [0, 0.05) is 0 Å². The zero-order chi connectivity index (χ0) is 27.1. The van der Waals surface area contributed by atoms with Crippen molar-refractivity contribution in [3.05, 3.63) is 0 Å². The van der Waals surface area contributed by atoms with Gasteiger partial charge in [-0.05, 0) is 25.7 Å². The van der Waals surface area contributed by atoms with Crippen molar-refractivity contribution in [2.75, 3.05) is 6.61 Å². The molecule has 4 heteroatoms. The number of nitrogens with zero attached hydrogens (tertiary/aromatic N) is 1. The Balaban J connectivity index is 3.58. The third-order valence-corrected chi connectivity index (χ3v) is 7.46. The van der Waals surface area contributed by atoms with E-state index in [0.29, 0.717) is 12.3 Å². The van der Waals surface area contributed by atoms with Gasteiger partial charge in [0.2, 0.25) is 0 Å². The molecule has 0 aromatic rings. The lowest BCUT2D eigenvalue weighted by Crippen LogP contribution is -2.08. The van der Waals surface area contributed by atoms with Crippen LogP contribution in [0.2, 0.25) is 0 Å². The predicted molar refractivity (Wildman–Crippen MR) is 162 cm³/mol. The summed E-state index contributed by atoms with van der Waals surface area (Å²) >= 11 is 0. The molecule has 4 nitrogen and oxygen atoms in total. The molecule has 220 valence electrons. The number of carboxylic acids is 1. The minimum Gasteiger partial charge on any atom is -0.481 e.